The van der Waals surface area contributed by atoms with Crippen molar-refractivity contribution in [1.82, 2.24) is 0 Å². The Morgan fingerprint density at radius 3 is 1.89 bits per heavy atom. The molecule has 6 aromatic carbocycles. The summed E-state index contributed by atoms with van der Waals surface area (Å²) in [5.74, 6) is -8.91. The number of ether oxygens (including phenoxy) is 2. The van der Waals surface area contributed by atoms with Crippen LogP contribution in [0.3, 0.4) is 0 Å². The van der Waals surface area contributed by atoms with E-state index in [1.54, 1.807) is 0 Å². The molecule has 0 fully saturated rings. The first-order chi connectivity index (χ1) is 26.1. The molecule has 6 rings (SSSR count). The molecule has 0 unspecified atom stereocenters. The smallest absolute Gasteiger partial charge is 0.429 e. The standard InChI is InChI=1S/C42H25F11O2/c1-3-4-11-54-26-7-10-28(35(46)19-26)23-6-8-29(32(43)15-23)24-16-33(44)30(34(45)17-24)9-5-22-14-36(47)31(12-21(22)2)42(52,53)55-27-13-25-18-38(49)40(50)41(51)39(25)37(48)20-27/h6-8,10,12-20H,3-4,11H2,1-2H3. The summed E-state index contributed by atoms with van der Waals surface area (Å²) in [5, 5.41) is -1.67. The monoisotopic (exact) mass is 770 g/mol. The highest BCUT2D eigenvalue weighted by atomic mass is 19.3. The summed E-state index contributed by atoms with van der Waals surface area (Å²) in [4.78, 5) is 0. The predicted octanol–water partition coefficient (Wildman–Crippen LogP) is 12.4. The van der Waals surface area contributed by atoms with E-state index in [0.29, 0.717) is 36.6 Å². The second kappa shape index (κ2) is 15.4. The van der Waals surface area contributed by atoms with Gasteiger partial charge in [-0.15, -0.1) is 0 Å². The Kier molecular flexibility index (Phi) is 10.8. The van der Waals surface area contributed by atoms with Gasteiger partial charge in [-0.1, -0.05) is 37.3 Å². The first-order valence-corrected chi connectivity index (χ1v) is 16.5. The van der Waals surface area contributed by atoms with Crippen molar-refractivity contribution in [2.75, 3.05) is 6.61 Å². The minimum atomic E-state index is -4.50. The lowest BCUT2D eigenvalue weighted by molar-refractivity contribution is -0.187. The number of hydrogen-bond donors (Lipinski definition) is 0. The maximum atomic E-state index is 15.2. The Hall–Kier alpha value is -6.03. The van der Waals surface area contributed by atoms with E-state index in [4.69, 9.17) is 4.74 Å². The molecular formula is C42H25F11O2. The maximum absolute atomic E-state index is 15.2. The van der Waals surface area contributed by atoms with Gasteiger partial charge >= 0.3 is 6.11 Å². The van der Waals surface area contributed by atoms with Gasteiger partial charge in [0.15, 0.2) is 17.5 Å². The molecule has 0 amide bonds. The largest absolute Gasteiger partial charge is 0.493 e. The van der Waals surface area contributed by atoms with Crippen LogP contribution in [0.1, 0.15) is 42.0 Å². The highest BCUT2D eigenvalue weighted by Gasteiger charge is 2.38. The summed E-state index contributed by atoms with van der Waals surface area (Å²) in [6, 6.07) is 11.8. The lowest BCUT2D eigenvalue weighted by atomic mass is 9.98. The van der Waals surface area contributed by atoms with E-state index >= 15 is 26.3 Å². The number of aryl methyl sites for hydroxylation is 1. The summed E-state index contributed by atoms with van der Waals surface area (Å²) in [5.41, 5.74) is -2.72. The van der Waals surface area contributed by atoms with Crippen LogP contribution >= 0.6 is 0 Å². The van der Waals surface area contributed by atoms with Crippen molar-refractivity contribution in [3.8, 4) is 45.6 Å². The Bertz CT molecular complexity index is 2510. The highest BCUT2D eigenvalue weighted by Crippen LogP contribution is 2.38. The molecule has 0 aliphatic carbocycles. The molecule has 0 N–H and O–H groups in total. The molecule has 0 spiro atoms. The van der Waals surface area contributed by atoms with Gasteiger partial charge in [0, 0.05) is 28.8 Å². The van der Waals surface area contributed by atoms with Gasteiger partial charge in [-0.2, -0.15) is 8.78 Å². The van der Waals surface area contributed by atoms with Crippen molar-refractivity contribution in [3.63, 3.8) is 0 Å². The summed E-state index contributed by atoms with van der Waals surface area (Å²) in [6.07, 6.45) is -2.83. The minimum absolute atomic E-state index is 0.0713. The number of fused-ring (bicyclic) bond motifs is 1. The fraction of sp³-hybridized carbons (Fsp3) is 0.143. The number of benzene rings is 6. The summed E-state index contributed by atoms with van der Waals surface area (Å²) < 4.78 is 172. The van der Waals surface area contributed by atoms with Crippen LogP contribution in [-0.4, -0.2) is 6.61 Å². The third-order valence-electron chi connectivity index (χ3n) is 8.53. The Balaban J connectivity index is 1.22. The van der Waals surface area contributed by atoms with Gasteiger partial charge in [-0.25, -0.2) is 39.5 Å². The van der Waals surface area contributed by atoms with Crippen molar-refractivity contribution in [1.29, 1.82) is 0 Å². The molecule has 13 heteroatoms. The topological polar surface area (TPSA) is 18.5 Å². The molecule has 0 heterocycles. The van der Waals surface area contributed by atoms with Gasteiger partial charge in [0.1, 0.15) is 52.0 Å². The quantitative estimate of drug-likeness (QED) is 0.0631. The lowest BCUT2D eigenvalue weighted by Gasteiger charge is -2.20. The number of rotatable bonds is 9. The minimum Gasteiger partial charge on any atom is -0.493 e. The van der Waals surface area contributed by atoms with Crippen LogP contribution in [0, 0.1) is 71.1 Å². The van der Waals surface area contributed by atoms with Crippen molar-refractivity contribution in [2.45, 2.75) is 32.8 Å². The fourth-order valence-electron chi connectivity index (χ4n) is 5.71. The SMILES string of the molecule is CCCCOc1ccc(-c2ccc(-c3cc(F)c(C#Cc4cc(F)c(C(F)(F)Oc5cc(F)c6c(F)c(F)c(F)cc6c5)cc4C)c(F)c3)c(F)c2)c(F)c1. The number of halogens is 11. The Morgan fingerprint density at radius 1 is 0.582 bits per heavy atom. The second-order valence-electron chi connectivity index (χ2n) is 12.4. The summed E-state index contributed by atoms with van der Waals surface area (Å²) >= 11 is 0. The lowest BCUT2D eigenvalue weighted by Crippen LogP contribution is -2.24. The van der Waals surface area contributed by atoms with E-state index in [2.05, 4.69) is 16.6 Å². The van der Waals surface area contributed by atoms with E-state index in [1.807, 2.05) is 6.92 Å². The van der Waals surface area contributed by atoms with E-state index in [9.17, 15) is 22.0 Å². The zero-order chi connectivity index (χ0) is 39.8. The van der Waals surface area contributed by atoms with Gasteiger partial charge in [0.05, 0.1) is 17.6 Å². The highest BCUT2D eigenvalue weighted by molar-refractivity contribution is 5.85. The van der Waals surface area contributed by atoms with Crippen molar-refractivity contribution >= 4 is 10.8 Å². The van der Waals surface area contributed by atoms with Crippen LogP contribution in [0.4, 0.5) is 48.3 Å². The van der Waals surface area contributed by atoms with Gasteiger partial charge in [-0.3, -0.25) is 0 Å². The number of alkyl halides is 2. The first kappa shape index (κ1) is 38.7. The molecule has 0 aliphatic heterocycles. The zero-order valence-electron chi connectivity index (χ0n) is 28.6. The van der Waals surface area contributed by atoms with Crippen LogP contribution in [0.5, 0.6) is 11.5 Å². The third kappa shape index (κ3) is 7.94. The molecule has 55 heavy (non-hydrogen) atoms. The molecular weight excluding hydrogens is 745 g/mol. The number of hydrogen-bond acceptors (Lipinski definition) is 2. The molecule has 0 aromatic heterocycles. The zero-order valence-corrected chi connectivity index (χ0v) is 28.6. The number of unbranched alkanes of at least 4 members (excludes halogenated alkanes) is 1. The molecule has 0 atom stereocenters. The Morgan fingerprint density at radius 2 is 1.22 bits per heavy atom. The average molecular weight is 771 g/mol. The predicted molar refractivity (Wildman–Crippen MR) is 183 cm³/mol. The van der Waals surface area contributed by atoms with E-state index < -0.39 is 86.1 Å². The molecule has 0 bridgehead atoms. The average Bonchev–Trinajstić information content (AvgIpc) is 3.11. The molecule has 0 saturated carbocycles. The first-order valence-electron chi connectivity index (χ1n) is 16.5. The Labute approximate surface area is 306 Å². The van der Waals surface area contributed by atoms with Crippen LogP contribution in [-0.2, 0) is 6.11 Å². The van der Waals surface area contributed by atoms with E-state index in [0.717, 1.165) is 31.0 Å². The molecule has 2 nitrogen and oxygen atoms in total. The van der Waals surface area contributed by atoms with Crippen molar-refractivity contribution in [2.24, 2.45) is 0 Å². The van der Waals surface area contributed by atoms with Crippen LogP contribution in [0.25, 0.3) is 33.0 Å². The molecule has 0 aliphatic rings. The van der Waals surface area contributed by atoms with E-state index in [-0.39, 0.29) is 39.4 Å². The summed E-state index contributed by atoms with van der Waals surface area (Å²) in [7, 11) is 0. The second-order valence-corrected chi connectivity index (χ2v) is 12.4. The van der Waals surface area contributed by atoms with Crippen LogP contribution in [0.15, 0.2) is 78.9 Å². The van der Waals surface area contributed by atoms with Crippen molar-refractivity contribution < 1.29 is 57.8 Å². The molecule has 0 radical (unpaired) electrons. The van der Waals surface area contributed by atoms with Crippen LogP contribution < -0.4 is 9.47 Å². The van der Waals surface area contributed by atoms with Gasteiger partial charge in [0.25, 0.3) is 0 Å². The fourth-order valence-corrected chi connectivity index (χ4v) is 5.71. The molecule has 282 valence electrons. The van der Waals surface area contributed by atoms with Crippen molar-refractivity contribution in [3.05, 3.63) is 153 Å². The molecule has 6 aromatic rings. The van der Waals surface area contributed by atoms with Gasteiger partial charge in [0.2, 0.25) is 0 Å². The van der Waals surface area contributed by atoms with Gasteiger partial charge in [-0.05, 0) is 90.0 Å². The summed E-state index contributed by atoms with van der Waals surface area (Å²) in [6.45, 7) is 3.61. The maximum Gasteiger partial charge on any atom is 0.429 e. The van der Waals surface area contributed by atoms with Crippen LogP contribution in [0.2, 0.25) is 0 Å². The van der Waals surface area contributed by atoms with Gasteiger partial charge < -0.3 is 9.47 Å². The third-order valence-corrected chi connectivity index (χ3v) is 8.53. The van der Waals surface area contributed by atoms with E-state index in [1.165, 1.54) is 37.3 Å². The molecule has 0 saturated heterocycles. The normalized spacial score (nSPS) is 11.4.